The van der Waals surface area contributed by atoms with E-state index in [1.54, 1.807) is 43.5 Å². The maximum atomic E-state index is 15.7. The summed E-state index contributed by atoms with van der Waals surface area (Å²) >= 11 is 0. The summed E-state index contributed by atoms with van der Waals surface area (Å²) in [5, 5.41) is 15.2. The Hall–Kier alpha value is -3.08. The summed E-state index contributed by atoms with van der Waals surface area (Å²) in [4.78, 5) is 41.0. The molecule has 1 aliphatic rings. The number of hydrogen-bond donors (Lipinski definition) is 3. The van der Waals surface area contributed by atoms with Crippen molar-refractivity contribution in [1.82, 2.24) is 15.1 Å². The van der Waals surface area contributed by atoms with Crippen LogP contribution in [0, 0.1) is 12.7 Å². The first kappa shape index (κ1) is 34.4. The largest absolute Gasteiger partial charge is 0.381 e. The monoisotopic (exact) mass is 590 g/mol. The zero-order chi connectivity index (χ0) is 32.2. The minimum atomic E-state index is -2.37. The number of aryl methyl sites for hydroxylation is 1. The number of nitrogens with zero attached hydrogens (tertiary/aromatic N) is 2. The van der Waals surface area contributed by atoms with Crippen molar-refractivity contribution in [3.63, 3.8) is 0 Å². The summed E-state index contributed by atoms with van der Waals surface area (Å²) in [5.74, 6) is -1.09. The molecule has 3 rings (SSSR count). The first-order valence-corrected chi connectivity index (χ1v) is 14.7. The van der Waals surface area contributed by atoms with Gasteiger partial charge < -0.3 is 30.2 Å². The molecule has 1 saturated heterocycles. The predicted octanol–water partition coefficient (Wildman–Crippen LogP) is -1.29. The molecule has 2 amide bonds. The number of ether oxygens (including phenoxy) is 1. The van der Waals surface area contributed by atoms with Gasteiger partial charge in [-0.25, -0.2) is 4.39 Å². The molecule has 3 unspecified atom stereocenters. The van der Waals surface area contributed by atoms with Crippen LogP contribution in [0.3, 0.4) is 0 Å². The third kappa shape index (κ3) is 7.02. The lowest BCUT2D eigenvalue weighted by atomic mass is 9.27. The van der Waals surface area contributed by atoms with Gasteiger partial charge in [-0.05, 0) is 48.4 Å². The van der Waals surface area contributed by atoms with E-state index in [0.717, 1.165) is 23.6 Å². The van der Waals surface area contributed by atoms with Gasteiger partial charge in [0.1, 0.15) is 43.5 Å². The van der Waals surface area contributed by atoms with Gasteiger partial charge in [-0.15, -0.1) is 0 Å². The number of carbonyl (C=O) groups excluding carboxylic acids is 3. The molecule has 3 N–H and O–H groups in total. The maximum Gasteiger partial charge on any atom is 0.272 e. The van der Waals surface area contributed by atoms with E-state index in [1.165, 1.54) is 7.05 Å². The van der Waals surface area contributed by atoms with E-state index in [0.29, 0.717) is 41.6 Å². The van der Waals surface area contributed by atoms with Crippen LogP contribution in [0.1, 0.15) is 36.1 Å². The van der Waals surface area contributed by atoms with E-state index < -0.39 is 22.1 Å². The van der Waals surface area contributed by atoms with Gasteiger partial charge in [-0.3, -0.25) is 14.5 Å². The standard InChI is InChI=1S/C29H43B4FN4O5/c1-18-7-5-10-24(23(18)15-38(17-40)28(42,26(41)35-4)29(32,33)27(30,31)16-39)36-11-21-8-6-9-22(25(21)34)14-37-12-19(2)43-20(3)13-37/h5-10,16-17,19-20,36,42H,11-15,30-33H2,1-4H3,(H,35,41). The van der Waals surface area contributed by atoms with Gasteiger partial charge in [0.05, 0.1) is 18.8 Å². The molecule has 0 saturated carbocycles. The number of aliphatic hydroxyl groups is 1. The molecule has 228 valence electrons. The average Bonchev–Trinajstić information content (AvgIpc) is 2.95. The summed E-state index contributed by atoms with van der Waals surface area (Å²) < 4.78 is 21.5. The van der Waals surface area contributed by atoms with Gasteiger partial charge in [0.15, 0.2) is 0 Å². The third-order valence-electron chi connectivity index (χ3n) is 9.12. The number of nitrogens with one attached hydrogen (secondary N) is 2. The van der Waals surface area contributed by atoms with E-state index in [-0.39, 0.29) is 31.1 Å². The Morgan fingerprint density at radius 3 is 2.30 bits per heavy atom. The number of benzene rings is 2. The Morgan fingerprint density at radius 1 is 1.12 bits per heavy atom. The number of rotatable bonds is 13. The van der Waals surface area contributed by atoms with Crippen LogP contribution < -0.4 is 10.6 Å². The molecule has 0 radical (unpaired) electrons. The quantitative estimate of drug-likeness (QED) is 0.152. The summed E-state index contributed by atoms with van der Waals surface area (Å²) in [6.45, 7) is 7.87. The van der Waals surface area contributed by atoms with Gasteiger partial charge in [0, 0.05) is 50.0 Å². The Morgan fingerprint density at radius 2 is 1.72 bits per heavy atom. The normalized spacial score (nSPS) is 19.2. The van der Waals surface area contributed by atoms with Crippen molar-refractivity contribution in [1.29, 1.82) is 0 Å². The highest BCUT2D eigenvalue weighted by molar-refractivity contribution is 6.60. The summed E-state index contributed by atoms with van der Waals surface area (Å²) in [6, 6.07) is 10.9. The molecule has 9 nitrogen and oxygen atoms in total. The molecule has 0 aliphatic carbocycles. The smallest absolute Gasteiger partial charge is 0.272 e. The van der Waals surface area contributed by atoms with Gasteiger partial charge in [-0.2, -0.15) is 0 Å². The molecule has 2 aromatic rings. The first-order valence-electron chi connectivity index (χ1n) is 14.7. The highest BCUT2D eigenvalue weighted by atomic mass is 19.1. The fourth-order valence-electron chi connectivity index (χ4n) is 5.76. The van der Waals surface area contributed by atoms with Gasteiger partial charge in [-0.1, -0.05) is 30.3 Å². The molecule has 1 heterocycles. The lowest BCUT2D eigenvalue weighted by molar-refractivity contribution is -0.174. The van der Waals surface area contributed by atoms with Crippen molar-refractivity contribution < 1.29 is 28.6 Å². The number of carbonyl (C=O) groups is 3. The Kier molecular flexibility index (Phi) is 11.0. The molecule has 1 fully saturated rings. The van der Waals surface area contributed by atoms with Gasteiger partial charge >= 0.3 is 0 Å². The fraction of sp³-hybridized carbons (Fsp3) is 0.483. The van der Waals surface area contributed by atoms with Crippen LogP contribution >= 0.6 is 0 Å². The first-order chi connectivity index (χ1) is 20.1. The van der Waals surface area contributed by atoms with E-state index in [4.69, 9.17) is 4.74 Å². The van der Waals surface area contributed by atoms with Crippen molar-refractivity contribution in [3.05, 3.63) is 64.5 Å². The van der Waals surface area contributed by atoms with Gasteiger partial charge in [0.25, 0.3) is 5.91 Å². The number of halogens is 1. The van der Waals surface area contributed by atoms with Crippen LogP contribution in [0.25, 0.3) is 0 Å². The van der Waals surface area contributed by atoms with E-state index in [9.17, 15) is 19.5 Å². The number of anilines is 1. The predicted molar refractivity (Wildman–Crippen MR) is 176 cm³/mol. The van der Waals surface area contributed by atoms with E-state index in [1.807, 2.05) is 45.0 Å². The van der Waals surface area contributed by atoms with Gasteiger partial charge in [0.2, 0.25) is 12.1 Å². The van der Waals surface area contributed by atoms with E-state index >= 15 is 4.39 Å². The molecule has 0 aromatic heterocycles. The highest BCUT2D eigenvalue weighted by Gasteiger charge is 2.59. The van der Waals surface area contributed by atoms with Crippen LogP contribution in [-0.2, 0) is 38.8 Å². The number of amides is 2. The van der Waals surface area contributed by atoms with Crippen LogP contribution in [0.4, 0.5) is 10.1 Å². The second kappa shape index (κ2) is 13.7. The molecule has 2 aromatic carbocycles. The summed E-state index contributed by atoms with van der Waals surface area (Å²) in [7, 11) is 7.75. The van der Waals surface area contributed by atoms with Crippen LogP contribution in [0.2, 0.25) is 10.4 Å². The number of morpholine rings is 1. The zero-order valence-corrected chi connectivity index (χ0v) is 26.7. The molecule has 3 atom stereocenters. The lowest BCUT2D eigenvalue weighted by Gasteiger charge is -2.53. The van der Waals surface area contributed by atoms with Crippen LogP contribution in [0.5, 0.6) is 0 Å². The van der Waals surface area contributed by atoms with Crippen LogP contribution in [-0.4, -0.2) is 103 Å². The molecule has 14 heteroatoms. The third-order valence-corrected chi connectivity index (χ3v) is 9.12. The number of likely N-dealkylation sites (N-methyl/N-ethyl adjacent to an activating group) is 1. The highest BCUT2D eigenvalue weighted by Crippen LogP contribution is 2.50. The lowest BCUT2D eigenvalue weighted by Crippen LogP contribution is -2.68. The molecule has 0 spiro atoms. The fourth-order valence-corrected chi connectivity index (χ4v) is 5.76. The average molecular weight is 590 g/mol. The maximum absolute atomic E-state index is 15.7. The Labute approximate surface area is 257 Å². The second-order valence-corrected chi connectivity index (χ2v) is 12.7. The summed E-state index contributed by atoms with van der Waals surface area (Å²) in [5.41, 5.74) is 0.787. The van der Waals surface area contributed by atoms with Crippen molar-refractivity contribution in [2.24, 2.45) is 0 Å². The summed E-state index contributed by atoms with van der Waals surface area (Å²) in [6.07, 6.45) is 1.26. The number of aldehydes is 1. The SMILES string of the molecule is BC(B)(C=O)C(B)(B)C(O)(C(=O)NC)N(C=O)Cc1c(C)cccc1NCc1cccc(CN2CC(C)OC(C)C2)c1F. The van der Waals surface area contributed by atoms with Crippen LogP contribution in [0.15, 0.2) is 36.4 Å². The molecular weight excluding hydrogens is 547 g/mol. The Bertz CT molecular complexity index is 1320. The molecule has 1 aliphatic heterocycles. The Balaban J connectivity index is 1.90. The number of hydrogen-bond acceptors (Lipinski definition) is 7. The minimum absolute atomic E-state index is 0.0819. The molecule has 0 bridgehead atoms. The van der Waals surface area contributed by atoms with Crippen molar-refractivity contribution in [3.8, 4) is 0 Å². The zero-order valence-electron chi connectivity index (χ0n) is 26.7. The molecular formula is C29H43B4FN4O5. The second-order valence-electron chi connectivity index (χ2n) is 12.7. The van der Waals surface area contributed by atoms with Crippen molar-refractivity contribution in [2.45, 2.75) is 68.8 Å². The topological polar surface area (TPSA) is 111 Å². The van der Waals surface area contributed by atoms with Crippen molar-refractivity contribution in [2.75, 3.05) is 25.5 Å². The minimum Gasteiger partial charge on any atom is -0.381 e. The molecule has 43 heavy (non-hydrogen) atoms. The van der Waals surface area contributed by atoms with E-state index in [2.05, 4.69) is 15.5 Å². The van der Waals surface area contributed by atoms with Crippen molar-refractivity contribution >= 4 is 55.7 Å².